The van der Waals surface area contributed by atoms with Crippen LogP contribution in [0.2, 0.25) is 0 Å². The first-order chi connectivity index (χ1) is 15.5. The van der Waals surface area contributed by atoms with Gasteiger partial charge in [-0.05, 0) is 48.5 Å². The molecule has 2 aromatic heterocycles. The second-order valence-corrected chi connectivity index (χ2v) is 7.46. The van der Waals surface area contributed by atoms with Crippen LogP contribution in [0.3, 0.4) is 0 Å². The van der Waals surface area contributed by atoms with Crippen LogP contribution in [0.1, 0.15) is 16.8 Å². The molecular formula is C22H12F6N4O. The van der Waals surface area contributed by atoms with Gasteiger partial charge in [-0.2, -0.15) is 26.3 Å². The van der Waals surface area contributed by atoms with Gasteiger partial charge in [-0.25, -0.2) is 4.98 Å². The quantitative estimate of drug-likeness (QED) is 0.379. The highest BCUT2D eigenvalue weighted by Gasteiger charge is 2.36. The number of fused-ring (bicyclic) bond motifs is 2. The molecule has 0 saturated carbocycles. The van der Waals surface area contributed by atoms with E-state index in [0.29, 0.717) is 28.8 Å². The molecule has 0 spiro atoms. The summed E-state index contributed by atoms with van der Waals surface area (Å²) in [5, 5.41) is 0. The molecule has 5 nitrogen and oxygen atoms in total. The summed E-state index contributed by atoms with van der Waals surface area (Å²) < 4.78 is 78.1. The minimum atomic E-state index is -4.60. The van der Waals surface area contributed by atoms with Crippen LogP contribution < -0.4 is 4.90 Å². The summed E-state index contributed by atoms with van der Waals surface area (Å²) in [5.41, 5.74) is -0.0519. The van der Waals surface area contributed by atoms with Crippen molar-refractivity contribution < 1.29 is 31.1 Å². The first kappa shape index (κ1) is 21.0. The van der Waals surface area contributed by atoms with E-state index in [-0.39, 0.29) is 23.3 Å². The van der Waals surface area contributed by atoms with E-state index in [4.69, 9.17) is 0 Å². The Bertz CT molecular complexity index is 1390. The SMILES string of the molecule is O=C1Cc2ncc(C(F)(F)F)cc2N1c1ccc(-c2nc3ccc(C(F)(F)F)cc3[nH]2)cc1. The lowest BCUT2D eigenvalue weighted by Crippen LogP contribution is -2.21. The van der Waals surface area contributed by atoms with Gasteiger partial charge < -0.3 is 4.98 Å². The molecule has 1 N–H and O–H groups in total. The normalized spacial score (nSPS) is 14.2. The van der Waals surface area contributed by atoms with E-state index in [0.717, 1.165) is 23.1 Å². The Hall–Kier alpha value is -3.89. The third-order valence-corrected chi connectivity index (χ3v) is 5.29. The van der Waals surface area contributed by atoms with Crippen LogP contribution in [-0.4, -0.2) is 20.9 Å². The topological polar surface area (TPSA) is 61.9 Å². The molecule has 0 atom stereocenters. The maximum atomic E-state index is 13.1. The monoisotopic (exact) mass is 462 g/mol. The minimum absolute atomic E-state index is 0.0611. The number of aromatic nitrogens is 3. The van der Waals surface area contributed by atoms with Crippen molar-refractivity contribution in [2.24, 2.45) is 0 Å². The third kappa shape index (κ3) is 3.69. The number of alkyl halides is 6. The van der Waals surface area contributed by atoms with Gasteiger partial charge in [0.15, 0.2) is 0 Å². The number of pyridine rings is 1. The van der Waals surface area contributed by atoms with Crippen LogP contribution in [0, 0.1) is 0 Å². The standard InChI is InChI=1S/C22H12F6N4O/c23-21(24,25)12-3-6-15-16(7-12)31-20(30-15)11-1-4-14(5-2-11)32-18-8-13(22(26,27)28)10-29-17(18)9-19(32)33/h1-8,10H,9H2,(H,30,31). The number of carbonyl (C=O) groups is 1. The number of amides is 1. The van der Waals surface area contributed by atoms with Gasteiger partial charge in [0, 0.05) is 17.4 Å². The van der Waals surface area contributed by atoms with Crippen LogP contribution in [-0.2, 0) is 23.6 Å². The van der Waals surface area contributed by atoms with Gasteiger partial charge in [0.1, 0.15) is 5.82 Å². The highest BCUT2D eigenvalue weighted by molar-refractivity contribution is 6.07. The van der Waals surface area contributed by atoms with E-state index in [1.54, 1.807) is 12.1 Å². The summed E-state index contributed by atoms with van der Waals surface area (Å²) >= 11 is 0. The van der Waals surface area contributed by atoms with E-state index in [1.807, 2.05) is 0 Å². The zero-order valence-electron chi connectivity index (χ0n) is 16.4. The molecule has 0 bridgehead atoms. The Kier molecular flexibility index (Phi) is 4.49. The number of H-pyrrole nitrogens is 1. The van der Waals surface area contributed by atoms with E-state index in [1.165, 1.54) is 18.2 Å². The number of carbonyl (C=O) groups excluding carboxylic acids is 1. The molecule has 11 heteroatoms. The molecule has 0 saturated heterocycles. The summed E-state index contributed by atoms with van der Waals surface area (Å²) in [7, 11) is 0. The maximum absolute atomic E-state index is 13.1. The van der Waals surface area contributed by atoms with Crippen molar-refractivity contribution in [1.82, 2.24) is 15.0 Å². The fraction of sp³-hybridized carbons (Fsp3) is 0.136. The van der Waals surface area contributed by atoms with Crippen molar-refractivity contribution in [3.8, 4) is 11.4 Å². The number of hydrogen-bond donors (Lipinski definition) is 1. The second kappa shape index (κ2) is 7.06. The van der Waals surface area contributed by atoms with Crippen molar-refractivity contribution in [3.05, 3.63) is 71.5 Å². The lowest BCUT2D eigenvalue weighted by molar-refractivity contribution is -0.138. The highest BCUT2D eigenvalue weighted by Crippen LogP contribution is 2.39. The Balaban J connectivity index is 1.48. The molecule has 1 aliphatic rings. The zero-order chi connectivity index (χ0) is 23.5. The largest absolute Gasteiger partial charge is 0.417 e. The number of nitrogens with one attached hydrogen (secondary N) is 1. The lowest BCUT2D eigenvalue weighted by atomic mass is 10.1. The van der Waals surface area contributed by atoms with Crippen molar-refractivity contribution in [2.75, 3.05) is 4.90 Å². The number of rotatable bonds is 2. The third-order valence-electron chi connectivity index (χ3n) is 5.29. The molecule has 3 heterocycles. The number of halogens is 6. The van der Waals surface area contributed by atoms with Crippen LogP contribution in [0.15, 0.2) is 54.7 Å². The Labute approximate surface area is 181 Å². The minimum Gasteiger partial charge on any atom is -0.338 e. The fourth-order valence-corrected chi connectivity index (χ4v) is 3.70. The average molecular weight is 462 g/mol. The van der Waals surface area contributed by atoms with Crippen molar-refractivity contribution >= 4 is 28.3 Å². The van der Waals surface area contributed by atoms with Crippen molar-refractivity contribution in [3.63, 3.8) is 0 Å². The van der Waals surface area contributed by atoms with Gasteiger partial charge in [0.2, 0.25) is 5.91 Å². The van der Waals surface area contributed by atoms with Gasteiger partial charge >= 0.3 is 12.4 Å². The van der Waals surface area contributed by atoms with Gasteiger partial charge in [-0.15, -0.1) is 0 Å². The van der Waals surface area contributed by atoms with E-state index < -0.39 is 29.4 Å². The lowest BCUT2D eigenvalue weighted by Gasteiger charge is -2.18. The van der Waals surface area contributed by atoms with Crippen LogP contribution in [0.5, 0.6) is 0 Å². The summed E-state index contributed by atoms with van der Waals surface area (Å²) in [6.45, 7) is 0. The molecule has 33 heavy (non-hydrogen) atoms. The highest BCUT2D eigenvalue weighted by atomic mass is 19.4. The number of imidazole rings is 1. The molecule has 0 radical (unpaired) electrons. The Morgan fingerprint density at radius 3 is 2.24 bits per heavy atom. The number of aromatic amines is 1. The Morgan fingerprint density at radius 2 is 1.58 bits per heavy atom. The van der Waals surface area contributed by atoms with Gasteiger partial charge in [-0.3, -0.25) is 14.7 Å². The summed E-state index contributed by atoms with van der Waals surface area (Å²) in [5.74, 6) is -0.113. The van der Waals surface area contributed by atoms with Gasteiger partial charge in [-0.1, -0.05) is 0 Å². The second-order valence-electron chi connectivity index (χ2n) is 7.46. The number of anilines is 2. The molecule has 1 aliphatic heterocycles. The van der Waals surface area contributed by atoms with E-state index in [2.05, 4.69) is 15.0 Å². The van der Waals surface area contributed by atoms with Crippen molar-refractivity contribution in [2.45, 2.75) is 18.8 Å². The van der Waals surface area contributed by atoms with Crippen LogP contribution in [0.25, 0.3) is 22.4 Å². The Morgan fingerprint density at radius 1 is 0.879 bits per heavy atom. The molecule has 0 fully saturated rings. The van der Waals surface area contributed by atoms with E-state index >= 15 is 0 Å². The zero-order valence-corrected chi connectivity index (χ0v) is 16.4. The molecule has 5 rings (SSSR count). The smallest absolute Gasteiger partial charge is 0.338 e. The summed E-state index contributed by atoms with van der Waals surface area (Å²) in [6.07, 6.45) is -8.51. The molecular weight excluding hydrogens is 450 g/mol. The first-order valence-electron chi connectivity index (χ1n) is 9.57. The van der Waals surface area contributed by atoms with E-state index in [9.17, 15) is 31.1 Å². The molecule has 168 valence electrons. The fourth-order valence-electron chi connectivity index (χ4n) is 3.70. The van der Waals surface area contributed by atoms with Crippen LogP contribution >= 0.6 is 0 Å². The molecule has 0 aliphatic carbocycles. The molecule has 0 unspecified atom stereocenters. The predicted molar refractivity (Wildman–Crippen MR) is 107 cm³/mol. The summed E-state index contributed by atoms with van der Waals surface area (Å²) in [4.78, 5) is 24.5. The van der Waals surface area contributed by atoms with Crippen molar-refractivity contribution in [1.29, 1.82) is 0 Å². The number of hydrogen-bond acceptors (Lipinski definition) is 3. The van der Waals surface area contributed by atoms with Gasteiger partial charge in [0.25, 0.3) is 0 Å². The number of nitrogens with zero attached hydrogens (tertiary/aromatic N) is 3. The average Bonchev–Trinajstić information content (AvgIpc) is 3.31. The maximum Gasteiger partial charge on any atom is 0.417 e. The van der Waals surface area contributed by atoms with Gasteiger partial charge in [0.05, 0.1) is 40.0 Å². The molecule has 2 aromatic carbocycles. The number of benzene rings is 2. The molecule has 1 amide bonds. The molecule has 4 aromatic rings. The first-order valence-corrected chi connectivity index (χ1v) is 9.57. The summed E-state index contributed by atoms with van der Waals surface area (Å²) in [6, 6.07) is 10.2. The van der Waals surface area contributed by atoms with Crippen LogP contribution in [0.4, 0.5) is 37.7 Å². The predicted octanol–water partition coefficient (Wildman–Crippen LogP) is 5.88.